The second-order valence-electron chi connectivity index (χ2n) is 4.05. The van der Waals surface area contributed by atoms with Gasteiger partial charge in [-0.1, -0.05) is 15.9 Å². The summed E-state index contributed by atoms with van der Waals surface area (Å²) in [5.74, 6) is 0.463. The summed E-state index contributed by atoms with van der Waals surface area (Å²) in [5, 5.41) is 3.09. The van der Waals surface area contributed by atoms with Gasteiger partial charge in [0.05, 0.1) is 7.11 Å². The second-order valence-corrected chi connectivity index (χ2v) is 4.85. The minimum Gasteiger partial charge on any atom is -0.467 e. The van der Waals surface area contributed by atoms with Gasteiger partial charge in [-0.15, -0.1) is 0 Å². The van der Waals surface area contributed by atoms with Crippen LogP contribution >= 0.6 is 15.9 Å². The molecule has 1 aromatic heterocycles. The number of methoxy groups -OCH3 is 1. The van der Waals surface area contributed by atoms with Gasteiger partial charge in [-0.2, -0.15) is 15.0 Å². The number of hydrogen-bond acceptors (Lipinski definition) is 6. The van der Waals surface area contributed by atoms with Crippen LogP contribution in [-0.4, -0.2) is 22.1 Å². The van der Waals surface area contributed by atoms with Crippen LogP contribution in [0.2, 0.25) is 0 Å². The number of halogens is 1. The van der Waals surface area contributed by atoms with Gasteiger partial charge in [0, 0.05) is 10.2 Å². The molecule has 6 nitrogen and oxygen atoms in total. The summed E-state index contributed by atoms with van der Waals surface area (Å²) in [7, 11) is 1.48. The fourth-order valence-electron chi connectivity index (χ4n) is 1.67. The highest BCUT2D eigenvalue weighted by Crippen LogP contribution is 2.26. The number of nitrogens with one attached hydrogen (secondary N) is 1. The van der Waals surface area contributed by atoms with E-state index in [-0.39, 0.29) is 12.0 Å². The zero-order chi connectivity index (χ0) is 14.0. The van der Waals surface area contributed by atoms with E-state index in [1.807, 2.05) is 26.0 Å². The van der Waals surface area contributed by atoms with Crippen molar-refractivity contribution in [3.05, 3.63) is 27.7 Å². The maximum Gasteiger partial charge on any atom is 0.322 e. The first kappa shape index (κ1) is 13.5. The van der Waals surface area contributed by atoms with Gasteiger partial charge in [-0.3, -0.25) is 0 Å². The van der Waals surface area contributed by atoms with Crippen LogP contribution in [0.25, 0.3) is 0 Å². The first-order valence-corrected chi connectivity index (χ1v) is 6.38. The number of benzene rings is 1. The van der Waals surface area contributed by atoms with E-state index in [1.54, 1.807) is 0 Å². The Morgan fingerprint density at radius 3 is 2.37 bits per heavy atom. The molecule has 0 atom stereocenters. The van der Waals surface area contributed by atoms with Crippen LogP contribution in [0, 0.1) is 13.8 Å². The third-order valence-electron chi connectivity index (χ3n) is 2.51. The lowest BCUT2D eigenvalue weighted by Crippen LogP contribution is -2.05. The third-order valence-corrected chi connectivity index (χ3v) is 3.76. The highest BCUT2D eigenvalue weighted by Gasteiger charge is 2.07. The van der Waals surface area contributed by atoms with E-state index in [2.05, 4.69) is 36.2 Å². The SMILES string of the molecule is COc1nc(N)nc(Nc2cc(C)c(Br)c(C)c2)n1. The fourth-order valence-corrected chi connectivity index (χ4v) is 1.90. The van der Waals surface area contributed by atoms with Crippen LogP contribution in [0.3, 0.4) is 0 Å². The van der Waals surface area contributed by atoms with Gasteiger partial charge in [-0.25, -0.2) is 0 Å². The van der Waals surface area contributed by atoms with E-state index >= 15 is 0 Å². The Hall–Kier alpha value is -1.89. The molecule has 2 aromatic rings. The smallest absolute Gasteiger partial charge is 0.322 e. The molecule has 0 aliphatic heterocycles. The summed E-state index contributed by atoms with van der Waals surface area (Å²) in [5.41, 5.74) is 8.71. The summed E-state index contributed by atoms with van der Waals surface area (Å²) in [6, 6.07) is 4.16. The van der Waals surface area contributed by atoms with Gasteiger partial charge >= 0.3 is 6.01 Å². The summed E-state index contributed by atoms with van der Waals surface area (Å²) in [4.78, 5) is 11.9. The fraction of sp³-hybridized carbons (Fsp3) is 0.250. The number of hydrogen-bond donors (Lipinski definition) is 2. The van der Waals surface area contributed by atoms with Crippen molar-refractivity contribution >= 4 is 33.5 Å². The molecule has 0 spiro atoms. The Bertz CT molecular complexity index is 594. The first-order valence-electron chi connectivity index (χ1n) is 5.59. The van der Waals surface area contributed by atoms with Crippen LogP contribution in [0.5, 0.6) is 6.01 Å². The monoisotopic (exact) mass is 323 g/mol. The number of aromatic nitrogens is 3. The molecule has 1 aromatic carbocycles. The van der Waals surface area contributed by atoms with E-state index in [4.69, 9.17) is 10.5 Å². The molecule has 0 bridgehead atoms. The molecule has 1 heterocycles. The maximum absolute atomic E-state index is 5.58. The predicted octanol–water partition coefficient (Wildman–Crippen LogP) is 2.59. The van der Waals surface area contributed by atoms with Crippen molar-refractivity contribution in [3.8, 4) is 6.01 Å². The summed E-state index contributed by atoms with van der Waals surface area (Å²) >= 11 is 3.52. The van der Waals surface area contributed by atoms with Crippen molar-refractivity contribution in [1.82, 2.24) is 15.0 Å². The van der Waals surface area contributed by atoms with E-state index in [9.17, 15) is 0 Å². The molecule has 2 rings (SSSR count). The third kappa shape index (κ3) is 3.11. The molecule has 0 saturated carbocycles. The number of nitrogen functional groups attached to an aromatic ring is 1. The molecule has 100 valence electrons. The van der Waals surface area contributed by atoms with Crippen LogP contribution < -0.4 is 15.8 Å². The highest BCUT2D eigenvalue weighted by molar-refractivity contribution is 9.10. The number of ether oxygens (including phenoxy) is 1. The Morgan fingerprint density at radius 1 is 1.16 bits per heavy atom. The van der Waals surface area contributed by atoms with Gasteiger partial charge in [0.15, 0.2) is 0 Å². The molecule has 7 heteroatoms. The lowest BCUT2D eigenvalue weighted by molar-refractivity contribution is 0.380. The Balaban J connectivity index is 2.33. The van der Waals surface area contributed by atoms with Crippen molar-refractivity contribution in [2.24, 2.45) is 0 Å². The van der Waals surface area contributed by atoms with Gasteiger partial charge < -0.3 is 15.8 Å². The molecule has 0 aliphatic carbocycles. The van der Waals surface area contributed by atoms with Crippen molar-refractivity contribution in [2.45, 2.75) is 13.8 Å². The molecule has 19 heavy (non-hydrogen) atoms. The van der Waals surface area contributed by atoms with Crippen molar-refractivity contribution in [1.29, 1.82) is 0 Å². The van der Waals surface area contributed by atoms with Crippen LogP contribution in [-0.2, 0) is 0 Å². The number of aryl methyl sites for hydroxylation is 2. The second kappa shape index (κ2) is 5.40. The van der Waals surface area contributed by atoms with Crippen LogP contribution in [0.1, 0.15) is 11.1 Å². The molecule has 0 saturated heterocycles. The lowest BCUT2D eigenvalue weighted by atomic mass is 10.1. The summed E-state index contributed by atoms with van der Waals surface area (Å²) in [6.45, 7) is 4.04. The Labute approximate surface area is 119 Å². The van der Waals surface area contributed by atoms with Gasteiger partial charge in [-0.05, 0) is 37.1 Å². The minimum atomic E-state index is 0.111. The molecular formula is C12H14BrN5O. The number of nitrogens with zero attached hydrogens (tertiary/aromatic N) is 3. The molecule has 3 N–H and O–H groups in total. The molecule has 0 aliphatic rings. The van der Waals surface area contributed by atoms with E-state index in [0.29, 0.717) is 5.95 Å². The lowest BCUT2D eigenvalue weighted by Gasteiger charge is -2.10. The Morgan fingerprint density at radius 2 is 1.79 bits per heavy atom. The van der Waals surface area contributed by atoms with Crippen LogP contribution in [0.15, 0.2) is 16.6 Å². The number of anilines is 3. The first-order chi connectivity index (χ1) is 8.99. The van der Waals surface area contributed by atoms with Gasteiger partial charge in [0.1, 0.15) is 0 Å². The summed E-state index contributed by atoms with van der Waals surface area (Å²) < 4.78 is 6.04. The zero-order valence-corrected chi connectivity index (χ0v) is 12.4. The van der Waals surface area contributed by atoms with Crippen LogP contribution in [0.4, 0.5) is 17.6 Å². The van der Waals surface area contributed by atoms with Crippen molar-refractivity contribution < 1.29 is 4.74 Å². The zero-order valence-electron chi connectivity index (χ0n) is 10.9. The number of rotatable bonds is 3. The molecule has 0 radical (unpaired) electrons. The van der Waals surface area contributed by atoms with Gasteiger partial charge in [0.25, 0.3) is 0 Å². The normalized spacial score (nSPS) is 10.3. The van der Waals surface area contributed by atoms with E-state index < -0.39 is 0 Å². The predicted molar refractivity (Wildman–Crippen MR) is 77.7 cm³/mol. The highest BCUT2D eigenvalue weighted by atomic mass is 79.9. The molecule has 0 unspecified atom stereocenters. The topological polar surface area (TPSA) is 86.0 Å². The quantitative estimate of drug-likeness (QED) is 0.902. The largest absolute Gasteiger partial charge is 0.467 e. The van der Waals surface area contributed by atoms with Gasteiger partial charge in [0.2, 0.25) is 11.9 Å². The maximum atomic E-state index is 5.58. The molecule has 0 amide bonds. The summed E-state index contributed by atoms with van der Waals surface area (Å²) in [6.07, 6.45) is 0. The van der Waals surface area contributed by atoms with Crippen molar-refractivity contribution in [3.63, 3.8) is 0 Å². The average Bonchev–Trinajstić information content (AvgIpc) is 2.35. The van der Waals surface area contributed by atoms with E-state index in [0.717, 1.165) is 21.3 Å². The molecule has 0 fully saturated rings. The minimum absolute atomic E-state index is 0.111. The van der Waals surface area contributed by atoms with E-state index in [1.165, 1.54) is 7.11 Å². The number of nitrogens with two attached hydrogens (primary N) is 1. The molecular weight excluding hydrogens is 310 g/mol. The van der Waals surface area contributed by atoms with Crippen molar-refractivity contribution in [2.75, 3.05) is 18.2 Å². The Kier molecular flexibility index (Phi) is 3.84. The standard InChI is InChI=1S/C12H14BrN5O/c1-6-4-8(5-7(2)9(6)13)15-11-16-10(14)17-12(18-11)19-3/h4-5H,1-3H3,(H3,14,15,16,17,18). The average molecular weight is 324 g/mol.